The molecule has 0 aliphatic carbocycles. The number of benzene rings is 1. The molecule has 26 heavy (non-hydrogen) atoms. The summed E-state index contributed by atoms with van der Waals surface area (Å²) >= 11 is 1.27. The highest BCUT2D eigenvalue weighted by atomic mass is 32.1. The van der Waals surface area contributed by atoms with Gasteiger partial charge in [-0.1, -0.05) is 37.3 Å². The zero-order valence-electron chi connectivity index (χ0n) is 15.1. The first-order chi connectivity index (χ1) is 12.7. The largest absolute Gasteiger partial charge is 0.396 e. The Hall–Kier alpha value is -2.09. The van der Waals surface area contributed by atoms with Crippen LogP contribution in [0.1, 0.15) is 42.9 Å². The molecule has 0 amide bonds. The van der Waals surface area contributed by atoms with Gasteiger partial charge in [0.15, 0.2) is 4.83 Å². The zero-order chi connectivity index (χ0) is 18.5. The Morgan fingerprint density at radius 3 is 2.77 bits per heavy atom. The van der Waals surface area contributed by atoms with E-state index in [9.17, 15) is 4.79 Å². The van der Waals surface area contributed by atoms with Crippen LogP contribution in [-0.2, 0) is 6.54 Å². The van der Waals surface area contributed by atoms with Gasteiger partial charge in [-0.2, -0.15) is 4.37 Å². The van der Waals surface area contributed by atoms with Crippen molar-refractivity contribution in [3.63, 3.8) is 0 Å². The smallest absolute Gasteiger partial charge is 0.264 e. The Bertz CT molecular complexity index is 920. The van der Waals surface area contributed by atoms with Gasteiger partial charge in [0.2, 0.25) is 0 Å². The van der Waals surface area contributed by atoms with Gasteiger partial charge in [-0.25, -0.2) is 4.98 Å². The van der Waals surface area contributed by atoms with Crippen molar-refractivity contribution in [2.45, 2.75) is 39.3 Å². The number of aromatic nitrogens is 3. The molecular formula is C19H24N4O2S. The van der Waals surface area contributed by atoms with Gasteiger partial charge in [0.05, 0.1) is 23.7 Å². The van der Waals surface area contributed by atoms with E-state index >= 15 is 0 Å². The average molecular weight is 372 g/mol. The molecule has 2 aromatic heterocycles. The third-order valence-electron chi connectivity index (χ3n) is 4.43. The first kappa shape index (κ1) is 18.7. The summed E-state index contributed by atoms with van der Waals surface area (Å²) in [4.78, 5) is 18.7. The Balaban J connectivity index is 2.09. The minimum Gasteiger partial charge on any atom is -0.396 e. The number of aliphatic hydroxyl groups excluding tert-OH is 1. The molecule has 3 rings (SSSR count). The first-order valence-corrected chi connectivity index (χ1v) is 9.68. The molecule has 1 aromatic carbocycles. The van der Waals surface area contributed by atoms with Gasteiger partial charge in [-0.15, -0.1) is 0 Å². The van der Waals surface area contributed by atoms with Gasteiger partial charge in [0.1, 0.15) is 5.82 Å². The highest BCUT2D eigenvalue weighted by Gasteiger charge is 2.21. The van der Waals surface area contributed by atoms with E-state index in [1.54, 1.807) is 4.57 Å². The fourth-order valence-corrected chi connectivity index (χ4v) is 3.82. The number of hydrogen-bond acceptors (Lipinski definition) is 6. The van der Waals surface area contributed by atoms with Crippen molar-refractivity contribution in [1.29, 1.82) is 0 Å². The van der Waals surface area contributed by atoms with Gasteiger partial charge in [-0.05, 0) is 43.4 Å². The van der Waals surface area contributed by atoms with E-state index in [0.717, 1.165) is 23.5 Å². The molecule has 0 saturated carbocycles. The fraction of sp³-hybridized carbons (Fsp3) is 0.421. The topological polar surface area (TPSA) is 80.0 Å². The van der Waals surface area contributed by atoms with Crippen molar-refractivity contribution >= 4 is 21.7 Å². The summed E-state index contributed by atoms with van der Waals surface area (Å²) in [5, 5.41) is 13.1. The van der Waals surface area contributed by atoms with Crippen LogP contribution in [0.15, 0.2) is 35.1 Å². The normalized spacial score (nSPS) is 12.6. The summed E-state index contributed by atoms with van der Waals surface area (Å²) in [6.07, 6.45) is 1.47. The third-order valence-corrected chi connectivity index (χ3v) is 5.26. The molecule has 0 aliphatic heterocycles. The van der Waals surface area contributed by atoms with E-state index in [2.05, 4.69) is 16.6 Å². The Morgan fingerprint density at radius 1 is 1.31 bits per heavy atom. The molecular weight excluding hydrogens is 348 g/mol. The summed E-state index contributed by atoms with van der Waals surface area (Å²) < 4.78 is 6.08. The van der Waals surface area contributed by atoms with Crippen molar-refractivity contribution in [1.82, 2.24) is 19.2 Å². The molecule has 0 spiro atoms. The summed E-state index contributed by atoms with van der Waals surface area (Å²) in [5.41, 5.74) is 1.75. The SMILES string of the molecule is CCC(NCCCO)c1nc2snc(C)c2c(=O)n1Cc1ccccc1. The van der Waals surface area contributed by atoms with Crippen LogP contribution in [0.4, 0.5) is 0 Å². The number of rotatable bonds is 8. The first-order valence-electron chi connectivity index (χ1n) is 8.90. The average Bonchev–Trinajstić information content (AvgIpc) is 3.03. The van der Waals surface area contributed by atoms with Gasteiger partial charge in [0, 0.05) is 6.61 Å². The van der Waals surface area contributed by atoms with Gasteiger partial charge < -0.3 is 10.4 Å². The highest BCUT2D eigenvalue weighted by Crippen LogP contribution is 2.22. The van der Waals surface area contributed by atoms with Crippen LogP contribution in [-0.4, -0.2) is 32.2 Å². The van der Waals surface area contributed by atoms with E-state index in [0.29, 0.717) is 29.7 Å². The fourth-order valence-electron chi connectivity index (χ4n) is 3.04. The van der Waals surface area contributed by atoms with Crippen LogP contribution in [0.2, 0.25) is 0 Å². The molecule has 0 radical (unpaired) electrons. The molecule has 2 N–H and O–H groups in total. The lowest BCUT2D eigenvalue weighted by molar-refractivity contribution is 0.281. The van der Waals surface area contributed by atoms with Gasteiger partial charge >= 0.3 is 0 Å². The van der Waals surface area contributed by atoms with Crippen LogP contribution in [0, 0.1) is 6.92 Å². The van der Waals surface area contributed by atoms with Crippen LogP contribution in [0.25, 0.3) is 10.2 Å². The molecule has 138 valence electrons. The van der Waals surface area contributed by atoms with E-state index in [4.69, 9.17) is 10.1 Å². The van der Waals surface area contributed by atoms with Crippen molar-refractivity contribution < 1.29 is 5.11 Å². The number of nitrogens with zero attached hydrogens (tertiary/aromatic N) is 3. The molecule has 0 bridgehead atoms. The second-order valence-electron chi connectivity index (χ2n) is 6.29. The molecule has 1 unspecified atom stereocenters. The van der Waals surface area contributed by atoms with E-state index in [-0.39, 0.29) is 18.2 Å². The molecule has 7 heteroatoms. The van der Waals surface area contributed by atoms with Crippen LogP contribution >= 0.6 is 11.5 Å². The lowest BCUT2D eigenvalue weighted by Gasteiger charge is -2.21. The minimum absolute atomic E-state index is 0.0393. The number of fused-ring (bicyclic) bond motifs is 1. The molecule has 3 aromatic rings. The zero-order valence-corrected chi connectivity index (χ0v) is 15.9. The lowest BCUT2D eigenvalue weighted by atomic mass is 10.1. The molecule has 2 heterocycles. The minimum atomic E-state index is -0.0511. The summed E-state index contributed by atoms with van der Waals surface area (Å²) in [6.45, 7) is 5.21. The molecule has 1 atom stereocenters. The lowest BCUT2D eigenvalue weighted by Crippen LogP contribution is -2.33. The van der Waals surface area contributed by atoms with Gasteiger partial charge in [0.25, 0.3) is 5.56 Å². The Kier molecular flexibility index (Phi) is 6.13. The molecule has 0 aliphatic rings. The standard InChI is InChI=1S/C19H24N4O2S/c1-3-15(20-10-7-11-24)17-21-18-16(13(2)22-26-18)19(25)23(17)12-14-8-5-4-6-9-14/h4-6,8-9,15,20,24H,3,7,10-12H2,1-2H3. The Labute approximate surface area is 156 Å². The summed E-state index contributed by atoms with van der Waals surface area (Å²) in [6, 6.07) is 9.89. The molecule has 0 fully saturated rings. The maximum Gasteiger partial charge on any atom is 0.264 e. The highest BCUT2D eigenvalue weighted by molar-refractivity contribution is 7.12. The quantitative estimate of drug-likeness (QED) is 0.594. The van der Waals surface area contributed by atoms with E-state index in [1.165, 1.54) is 11.5 Å². The predicted octanol–water partition coefficient (Wildman–Crippen LogP) is 2.63. The monoisotopic (exact) mass is 372 g/mol. The van der Waals surface area contributed by atoms with Crippen molar-refractivity contribution in [3.8, 4) is 0 Å². The molecule has 0 saturated heterocycles. The maximum absolute atomic E-state index is 13.2. The van der Waals surface area contributed by atoms with Crippen LogP contribution in [0.3, 0.4) is 0 Å². The van der Waals surface area contributed by atoms with Crippen LogP contribution < -0.4 is 10.9 Å². The second-order valence-corrected chi connectivity index (χ2v) is 7.04. The third kappa shape index (κ3) is 3.85. The van der Waals surface area contributed by atoms with E-state index in [1.807, 2.05) is 37.3 Å². The predicted molar refractivity (Wildman–Crippen MR) is 105 cm³/mol. The second kappa shape index (κ2) is 8.53. The van der Waals surface area contributed by atoms with Gasteiger partial charge in [-0.3, -0.25) is 9.36 Å². The number of nitrogens with one attached hydrogen (secondary N) is 1. The molecule has 6 nitrogen and oxygen atoms in total. The van der Waals surface area contributed by atoms with Crippen molar-refractivity contribution in [3.05, 3.63) is 57.8 Å². The Morgan fingerprint density at radius 2 is 2.08 bits per heavy atom. The van der Waals surface area contributed by atoms with E-state index < -0.39 is 0 Å². The van der Waals surface area contributed by atoms with Crippen molar-refractivity contribution in [2.24, 2.45) is 0 Å². The van der Waals surface area contributed by atoms with Crippen LogP contribution in [0.5, 0.6) is 0 Å². The van der Waals surface area contributed by atoms with Crippen molar-refractivity contribution in [2.75, 3.05) is 13.2 Å². The maximum atomic E-state index is 13.2. The number of aliphatic hydroxyl groups is 1. The number of hydrogen-bond donors (Lipinski definition) is 2. The number of aryl methyl sites for hydroxylation is 1. The summed E-state index contributed by atoms with van der Waals surface area (Å²) in [5.74, 6) is 0.732. The summed E-state index contributed by atoms with van der Waals surface area (Å²) in [7, 11) is 0.